The molecule has 160 valence electrons. The van der Waals surface area contributed by atoms with E-state index in [-0.39, 0.29) is 17.2 Å². The topological polar surface area (TPSA) is 61.8 Å². The van der Waals surface area contributed by atoms with Gasteiger partial charge in [-0.05, 0) is 49.1 Å². The molecular formula is C24H25FN4O2. The third kappa shape index (κ3) is 3.83. The van der Waals surface area contributed by atoms with E-state index >= 15 is 0 Å². The predicted molar refractivity (Wildman–Crippen MR) is 119 cm³/mol. The lowest BCUT2D eigenvalue weighted by molar-refractivity contribution is 0.491. The van der Waals surface area contributed by atoms with Crippen molar-refractivity contribution in [3.8, 4) is 5.69 Å². The highest BCUT2D eigenvalue weighted by Gasteiger charge is 2.22. The van der Waals surface area contributed by atoms with Crippen molar-refractivity contribution < 1.29 is 4.39 Å². The van der Waals surface area contributed by atoms with E-state index in [0.29, 0.717) is 30.1 Å². The smallest absolute Gasteiger partial charge is 0.317 e. The SMILES string of the molecule is CC(C)CCn1c(=O)c2c(ncn2[C@H](C)c2ccccc2)n(-c2ccc(F)cc2)c1=O. The van der Waals surface area contributed by atoms with Crippen LogP contribution in [0.25, 0.3) is 16.9 Å². The van der Waals surface area contributed by atoms with Crippen LogP contribution in [-0.4, -0.2) is 18.7 Å². The summed E-state index contributed by atoms with van der Waals surface area (Å²) in [6.45, 7) is 6.38. The van der Waals surface area contributed by atoms with E-state index in [1.807, 2.05) is 51.1 Å². The first-order valence-corrected chi connectivity index (χ1v) is 10.4. The molecule has 0 aliphatic rings. The first-order valence-electron chi connectivity index (χ1n) is 10.4. The van der Waals surface area contributed by atoms with Crippen LogP contribution in [0.2, 0.25) is 0 Å². The summed E-state index contributed by atoms with van der Waals surface area (Å²) in [5.74, 6) is -0.0705. The molecule has 7 heteroatoms. The fourth-order valence-electron chi connectivity index (χ4n) is 3.74. The molecule has 0 bridgehead atoms. The molecule has 0 amide bonds. The summed E-state index contributed by atoms with van der Waals surface area (Å²) < 4.78 is 18.0. The molecule has 0 fully saturated rings. The monoisotopic (exact) mass is 420 g/mol. The minimum atomic E-state index is -0.470. The van der Waals surface area contributed by atoms with Crippen LogP contribution < -0.4 is 11.2 Å². The maximum Gasteiger partial charge on any atom is 0.337 e. The van der Waals surface area contributed by atoms with Crippen LogP contribution in [0.4, 0.5) is 4.39 Å². The number of imidazole rings is 1. The Balaban J connectivity index is 2.00. The van der Waals surface area contributed by atoms with E-state index in [4.69, 9.17) is 0 Å². The van der Waals surface area contributed by atoms with E-state index in [9.17, 15) is 14.0 Å². The molecule has 0 saturated carbocycles. The molecule has 4 rings (SSSR count). The van der Waals surface area contributed by atoms with Crippen molar-refractivity contribution in [1.29, 1.82) is 0 Å². The van der Waals surface area contributed by atoms with Gasteiger partial charge in [-0.15, -0.1) is 0 Å². The second kappa shape index (κ2) is 8.34. The van der Waals surface area contributed by atoms with E-state index in [1.54, 1.807) is 10.9 Å². The number of halogens is 1. The lowest BCUT2D eigenvalue weighted by Gasteiger charge is -2.17. The number of benzene rings is 2. The van der Waals surface area contributed by atoms with Gasteiger partial charge in [0.05, 0.1) is 18.1 Å². The maximum atomic E-state index is 13.5. The van der Waals surface area contributed by atoms with Crippen LogP contribution in [-0.2, 0) is 6.54 Å². The van der Waals surface area contributed by atoms with Crippen molar-refractivity contribution in [2.45, 2.75) is 39.8 Å². The first-order chi connectivity index (χ1) is 14.9. The predicted octanol–water partition coefficient (Wildman–Crippen LogP) is 4.14. The van der Waals surface area contributed by atoms with Crippen LogP contribution in [0.5, 0.6) is 0 Å². The van der Waals surface area contributed by atoms with Crippen LogP contribution >= 0.6 is 0 Å². The molecule has 4 aromatic rings. The standard InChI is InChI=1S/C24H25FN4O2/c1-16(2)13-14-27-23(30)21-22(29(24(27)31)20-11-9-19(25)10-12-20)26-15-28(21)17(3)18-7-5-4-6-8-18/h4-12,15-17H,13-14H2,1-3H3/t17-/m1/s1. The van der Waals surface area contributed by atoms with Crippen molar-refractivity contribution in [2.24, 2.45) is 5.92 Å². The fourth-order valence-corrected chi connectivity index (χ4v) is 3.74. The zero-order valence-electron chi connectivity index (χ0n) is 17.8. The highest BCUT2D eigenvalue weighted by Crippen LogP contribution is 2.22. The molecule has 0 aliphatic heterocycles. The minimum Gasteiger partial charge on any atom is -0.317 e. The van der Waals surface area contributed by atoms with E-state index in [1.165, 1.54) is 33.4 Å². The molecule has 0 spiro atoms. The van der Waals surface area contributed by atoms with E-state index in [2.05, 4.69) is 4.98 Å². The van der Waals surface area contributed by atoms with Gasteiger partial charge in [0, 0.05) is 6.54 Å². The Hall–Kier alpha value is -3.48. The molecule has 2 aromatic heterocycles. The Labute approximate surface area is 179 Å². The Bertz CT molecular complexity index is 1320. The third-order valence-electron chi connectivity index (χ3n) is 5.57. The summed E-state index contributed by atoms with van der Waals surface area (Å²) in [7, 11) is 0. The third-order valence-corrected chi connectivity index (χ3v) is 5.57. The van der Waals surface area contributed by atoms with Gasteiger partial charge in [0.15, 0.2) is 11.2 Å². The zero-order chi connectivity index (χ0) is 22.1. The molecule has 6 nitrogen and oxygen atoms in total. The van der Waals surface area contributed by atoms with Gasteiger partial charge in [0.1, 0.15) is 5.82 Å². The zero-order valence-corrected chi connectivity index (χ0v) is 17.8. The molecule has 2 heterocycles. The van der Waals surface area contributed by atoms with Gasteiger partial charge in [0.2, 0.25) is 0 Å². The second-order valence-corrected chi connectivity index (χ2v) is 8.14. The van der Waals surface area contributed by atoms with Gasteiger partial charge in [-0.25, -0.2) is 18.7 Å². The van der Waals surface area contributed by atoms with Gasteiger partial charge in [0.25, 0.3) is 5.56 Å². The van der Waals surface area contributed by atoms with Crippen molar-refractivity contribution in [2.75, 3.05) is 0 Å². The molecular weight excluding hydrogens is 395 g/mol. The molecule has 31 heavy (non-hydrogen) atoms. The number of nitrogens with zero attached hydrogens (tertiary/aromatic N) is 4. The molecule has 0 aliphatic carbocycles. The molecule has 1 atom stereocenters. The summed E-state index contributed by atoms with van der Waals surface area (Å²) in [5.41, 5.74) is 1.28. The van der Waals surface area contributed by atoms with Crippen molar-refractivity contribution in [1.82, 2.24) is 18.7 Å². The quantitative estimate of drug-likeness (QED) is 0.471. The van der Waals surface area contributed by atoms with Crippen LogP contribution in [0.3, 0.4) is 0 Å². The van der Waals surface area contributed by atoms with Gasteiger partial charge < -0.3 is 4.57 Å². The van der Waals surface area contributed by atoms with E-state index < -0.39 is 11.5 Å². The number of hydrogen-bond acceptors (Lipinski definition) is 3. The Morgan fingerprint density at radius 2 is 1.65 bits per heavy atom. The normalized spacial score (nSPS) is 12.5. The number of aromatic nitrogens is 4. The van der Waals surface area contributed by atoms with Crippen molar-refractivity contribution >= 4 is 11.2 Å². The van der Waals surface area contributed by atoms with Gasteiger partial charge >= 0.3 is 5.69 Å². The summed E-state index contributed by atoms with van der Waals surface area (Å²) in [5, 5.41) is 0. The van der Waals surface area contributed by atoms with Gasteiger partial charge in [-0.1, -0.05) is 44.2 Å². The lowest BCUT2D eigenvalue weighted by Crippen LogP contribution is -2.40. The van der Waals surface area contributed by atoms with Crippen LogP contribution in [0, 0.1) is 11.7 Å². The molecule has 0 saturated heterocycles. The van der Waals surface area contributed by atoms with Crippen LogP contribution in [0.15, 0.2) is 70.5 Å². The number of fused-ring (bicyclic) bond motifs is 1. The first kappa shape index (κ1) is 20.8. The van der Waals surface area contributed by atoms with Crippen LogP contribution in [0.1, 0.15) is 38.8 Å². The maximum absolute atomic E-state index is 13.5. The minimum absolute atomic E-state index is 0.156. The van der Waals surface area contributed by atoms with E-state index in [0.717, 1.165) is 5.56 Å². The van der Waals surface area contributed by atoms with Gasteiger partial charge in [-0.2, -0.15) is 0 Å². The fraction of sp³-hybridized carbons (Fsp3) is 0.292. The number of rotatable bonds is 6. The number of hydrogen-bond donors (Lipinski definition) is 0. The summed E-state index contributed by atoms with van der Waals surface area (Å²) in [6, 6.07) is 15.3. The molecule has 2 aromatic carbocycles. The van der Waals surface area contributed by atoms with Crippen molar-refractivity contribution in [3.63, 3.8) is 0 Å². The lowest BCUT2D eigenvalue weighted by atomic mass is 10.1. The Morgan fingerprint density at radius 3 is 2.29 bits per heavy atom. The average Bonchev–Trinajstić information content (AvgIpc) is 3.20. The highest BCUT2D eigenvalue weighted by atomic mass is 19.1. The van der Waals surface area contributed by atoms with Gasteiger partial charge in [-0.3, -0.25) is 9.36 Å². The second-order valence-electron chi connectivity index (χ2n) is 8.14. The molecule has 0 radical (unpaired) electrons. The highest BCUT2D eigenvalue weighted by molar-refractivity contribution is 5.72. The Morgan fingerprint density at radius 1 is 0.968 bits per heavy atom. The Kier molecular flexibility index (Phi) is 5.59. The summed E-state index contributed by atoms with van der Waals surface area (Å²) >= 11 is 0. The summed E-state index contributed by atoms with van der Waals surface area (Å²) in [4.78, 5) is 31.2. The molecule has 0 unspecified atom stereocenters. The van der Waals surface area contributed by atoms with Crippen molar-refractivity contribution in [3.05, 3.63) is 93.1 Å². The summed E-state index contributed by atoms with van der Waals surface area (Å²) in [6.07, 6.45) is 2.28. The molecule has 0 N–H and O–H groups in total. The average molecular weight is 420 g/mol. The largest absolute Gasteiger partial charge is 0.337 e.